The molecule has 0 aliphatic carbocycles. The van der Waals surface area contributed by atoms with Gasteiger partial charge in [-0.25, -0.2) is 4.98 Å². The third kappa shape index (κ3) is 1.73. The lowest BCUT2D eigenvalue weighted by atomic mass is 10.00. The molecule has 5 nitrogen and oxygen atoms in total. The lowest BCUT2D eigenvalue weighted by Gasteiger charge is -2.38. The van der Waals surface area contributed by atoms with Crippen molar-refractivity contribution >= 4 is 17.4 Å². The Kier molecular flexibility index (Phi) is 2.60. The minimum Gasteiger partial charge on any atom is -0.393 e. The first-order chi connectivity index (χ1) is 8.16. The highest BCUT2D eigenvalue weighted by Gasteiger charge is 2.41. The number of H-pyrrole nitrogens is 1. The normalized spacial score (nSPS) is 31.9. The van der Waals surface area contributed by atoms with Gasteiger partial charge in [-0.1, -0.05) is 11.6 Å². The first-order valence-corrected chi connectivity index (χ1v) is 6.24. The number of aromatic nitrogens is 2. The first kappa shape index (κ1) is 11.0. The molecule has 1 aromatic heterocycles. The minimum absolute atomic E-state index is 0.154. The predicted octanol–water partition coefficient (Wildman–Crippen LogP) is 0.915. The van der Waals surface area contributed by atoms with E-state index in [1.807, 2.05) is 0 Å². The Bertz CT molecular complexity index is 476. The summed E-state index contributed by atoms with van der Waals surface area (Å²) in [6.45, 7) is 0. The van der Waals surface area contributed by atoms with Gasteiger partial charge in [-0.2, -0.15) is 0 Å². The van der Waals surface area contributed by atoms with Gasteiger partial charge in [-0.15, -0.1) is 0 Å². The molecular weight excluding hydrogens is 242 g/mol. The van der Waals surface area contributed by atoms with Crippen LogP contribution in [0.3, 0.4) is 0 Å². The van der Waals surface area contributed by atoms with Crippen molar-refractivity contribution in [1.29, 1.82) is 0 Å². The number of nitrogens with zero attached hydrogens (tertiary/aromatic N) is 2. The highest BCUT2D eigenvalue weighted by atomic mass is 35.5. The standard InChI is InChI=1S/C11H14ClN3O2/c12-9-10(13-5-14-11(9)17)15-6-1-2-7(15)4-8(16)3-6/h5-8,16H,1-4H2,(H,13,14,17). The predicted molar refractivity (Wildman–Crippen MR) is 64.4 cm³/mol. The fourth-order valence-electron chi connectivity index (χ4n) is 3.05. The Labute approximate surface area is 103 Å². The molecule has 0 amide bonds. The smallest absolute Gasteiger partial charge is 0.271 e. The summed E-state index contributed by atoms with van der Waals surface area (Å²) in [5.74, 6) is 0.565. The molecule has 2 fully saturated rings. The lowest BCUT2D eigenvalue weighted by Crippen LogP contribution is -2.45. The van der Waals surface area contributed by atoms with E-state index in [9.17, 15) is 9.90 Å². The van der Waals surface area contributed by atoms with Gasteiger partial charge in [-0.05, 0) is 25.7 Å². The number of anilines is 1. The van der Waals surface area contributed by atoms with Crippen LogP contribution in [-0.2, 0) is 0 Å². The maximum atomic E-state index is 11.5. The van der Waals surface area contributed by atoms with Crippen molar-refractivity contribution in [3.05, 3.63) is 21.7 Å². The van der Waals surface area contributed by atoms with Gasteiger partial charge < -0.3 is 15.0 Å². The molecule has 17 heavy (non-hydrogen) atoms. The molecule has 2 saturated heterocycles. The van der Waals surface area contributed by atoms with Crippen LogP contribution in [0.4, 0.5) is 5.82 Å². The maximum absolute atomic E-state index is 11.5. The number of aromatic amines is 1. The molecule has 3 heterocycles. The van der Waals surface area contributed by atoms with E-state index in [4.69, 9.17) is 11.6 Å². The van der Waals surface area contributed by atoms with E-state index < -0.39 is 0 Å². The largest absolute Gasteiger partial charge is 0.393 e. The van der Waals surface area contributed by atoms with E-state index >= 15 is 0 Å². The van der Waals surface area contributed by atoms with Gasteiger partial charge >= 0.3 is 0 Å². The van der Waals surface area contributed by atoms with Crippen LogP contribution in [0, 0.1) is 0 Å². The van der Waals surface area contributed by atoms with E-state index in [1.54, 1.807) is 0 Å². The molecule has 0 saturated carbocycles. The first-order valence-electron chi connectivity index (χ1n) is 5.86. The number of fused-ring (bicyclic) bond motifs is 2. The monoisotopic (exact) mass is 255 g/mol. The van der Waals surface area contributed by atoms with E-state index in [1.165, 1.54) is 6.33 Å². The number of piperidine rings is 1. The number of halogens is 1. The molecule has 92 valence electrons. The fourth-order valence-corrected chi connectivity index (χ4v) is 3.25. The number of aliphatic hydroxyl groups excluding tert-OH is 1. The van der Waals surface area contributed by atoms with Crippen LogP contribution in [-0.4, -0.2) is 33.3 Å². The van der Waals surface area contributed by atoms with Crippen molar-refractivity contribution in [3.63, 3.8) is 0 Å². The number of rotatable bonds is 1. The number of hydrogen-bond donors (Lipinski definition) is 2. The van der Waals surface area contributed by atoms with Crippen LogP contribution < -0.4 is 10.5 Å². The van der Waals surface area contributed by atoms with Crippen LogP contribution >= 0.6 is 11.6 Å². The van der Waals surface area contributed by atoms with Gasteiger partial charge in [0.15, 0.2) is 5.82 Å². The Hall–Kier alpha value is -1.07. The number of nitrogens with one attached hydrogen (secondary N) is 1. The second kappa shape index (κ2) is 3.99. The topological polar surface area (TPSA) is 69.2 Å². The zero-order valence-electron chi connectivity index (χ0n) is 9.27. The Morgan fingerprint density at radius 1 is 1.41 bits per heavy atom. The Morgan fingerprint density at radius 3 is 2.71 bits per heavy atom. The van der Waals surface area contributed by atoms with Crippen LogP contribution in [0.25, 0.3) is 0 Å². The van der Waals surface area contributed by atoms with Crippen molar-refractivity contribution in [3.8, 4) is 0 Å². The zero-order valence-corrected chi connectivity index (χ0v) is 10.0. The molecule has 3 rings (SSSR count). The van der Waals surface area contributed by atoms with E-state index in [0.717, 1.165) is 25.7 Å². The third-order valence-corrected chi connectivity index (χ3v) is 4.07. The molecule has 2 aliphatic rings. The van der Waals surface area contributed by atoms with Gasteiger partial charge in [0.1, 0.15) is 5.02 Å². The second-order valence-electron chi connectivity index (χ2n) is 4.79. The molecule has 6 heteroatoms. The summed E-state index contributed by atoms with van der Waals surface area (Å²) in [6, 6.07) is 0.520. The van der Waals surface area contributed by atoms with Crippen LogP contribution in [0.15, 0.2) is 11.1 Å². The van der Waals surface area contributed by atoms with Crippen LogP contribution in [0.1, 0.15) is 25.7 Å². The summed E-state index contributed by atoms with van der Waals surface area (Å²) in [5, 5.41) is 9.88. The molecule has 0 aromatic carbocycles. The van der Waals surface area contributed by atoms with Gasteiger partial charge in [0.05, 0.1) is 12.4 Å². The maximum Gasteiger partial charge on any atom is 0.271 e. The van der Waals surface area contributed by atoms with Gasteiger partial charge in [-0.3, -0.25) is 4.79 Å². The average Bonchev–Trinajstić information content (AvgIpc) is 2.55. The quantitative estimate of drug-likeness (QED) is 0.783. The summed E-state index contributed by atoms with van der Waals surface area (Å²) in [6.07, 6.45) is 4.69. The molecule has 2 atom stereocenters. The molecule has 2 bridgehead atoms. The highest BCUT2D eigenvalue weighted by molar-refractivity contribution is 6.32. The van der Waals surface area contributed by atoms with Crippen LogP contribution in [0.2, 0.25) is 5.02 Å². The van der Waals surface area contributed by atoms with Gasteiger partial charge in [0.2, 0.25) is 0 Å². The molecular formula is C11H14ClN3O2. The van der Waals surface area contributed by atoms with Crippen LogP contribution in [0.5, 0.6) is 0 Å². The molecule has 2 N–H and O–H groups in total. The summed E-state index contributed by atoms with van der Waals surface area (Å²) in [4.78, 5) is 20.2. The van der Waals surface area contributed by atoms with E-state index in [0.29, 0.717) is 5.82 Å². The Balaban J connectivity index is 2.00. The summed E-state index contributed by atoms with van der Waals surface area (Å²) < 4.78 is 0. The fraction of sp³-hybridized carbons (Fsp3) is 0.636. The van der Waals surface area contributed by atoms with Crippen molar-refractivity contribution in [2.24, 2.45) is 0 Å². The highest BCUT2D eigenvalue weighted by Crippen LogP contribution is 2.39. The summed E-state index contributed by atoms with van der Waals surface area (Å²) in [7, 11) is 0. The number of aliphatic hydroxyl groups is 1. The minimum atomic E-state index is -0.304. The van der Waals surface area contributed by atoms with E-state index in [2.05, 4.69) is 14.9 Å². The second-order valence-corrected chi connectivity index (χ2v) is 5.16. The average molecular weight is 256 g/mol. The summed E-state index contributed by atoms with van der Waals surface area (Å²) >= 11 is 6.01. The van der Waals surface area contributed by atoms with Crippen molar-refractivity contribution in [1.82, 2.24) is 9.97 Å². The van der Waals surface area contributed by atoms with E-state index in [-0.39, 0.29) is 28.8 Å². The molecule has 1 aromatic rings. The van der Waals surface area contributed by atoms with Gasteiger partial charge in [0.25, 0.3) is 5.56 Å². The molecule has 2 aliphatic heterocycles. The zero-order chi connectivity index (χ0) is 12.0. The van der Waals surface area contributed by atoms with Gasteiger partial charge in [0, 0.05) is 12.1 Å². The Morgan fingerprint density at radius 2 is 2.06 bits per heavy atom. The third-order valence-electron chi connectivity index (χ3n) is 3.73. The number of hydrogen-bond acceptors (Lipinski definition) is 4. The van der Waals surface area contributed by atoms with Crippen molar-refractivity contribution < 1.29 is 5.11 Å². The summed E-state index contributed by atoms with van der Waals surface area (Å²) in [5.41, 5.74) is -0.304. The molecule has 0 spiro atoms. The SMILES string of the molecule is O=c1[nH]cnc(N2C3CCC2CC(O)C3)c1Cl. The molecule has 2 unspecified atom stereocenters. The van der Waals surface area contributed by atoms with Crippen molar-refractivity contribution in [2.45, 2.75) is 43.9 Å². The molecule has 0 radical (unpaired) electrons. The lowest BCUT2D eigenvalue weighted by molar-refractivity contribution is 0.126. The van der Waals surface area contributed by atoms with Crippen molar-refractivity contribution in [2.75, 3.05) is 4.90 Å².